The van der Waals surface area contributed by atoms with Gasteiger partial charge in [0.15, 0.2) is 5.78 Å². The highest BCUT2D eigenvalue weighted by molar-refractivity contribution is 5.99. The Morgan fingerprint density at radius 1 is 1.19 bits per heavy atom. The van der Waals surface area contributed by atoms with Crippen molar-refractivity contribution in [1.29, 1.82) is 0 Å². The molecule has 0 aromatic rings. The fourth-order valence-corrected chi connectivity index (χ4v) is 1.38. The Morgan fingerprint density at radius 3 is 2.38 bits per heavy atom. The molecule has 94 valence electrons. The van der Waals surface area contributed by atoms with E-state index in [1.54, 1.807) is 0 Å². The summed E-state index contributed by atoms with van der Waals surface area (Å²) in [4.78, 5) is 23.1. The molecule has 16 heavy (non-hydrogen) atoms. The summed E-state index contributed by atoms with van der Waals surface area (Å²) in [7, 11) is 1.31. The fraction of sp³-hybridized carbons (Fsp3) is 0.833. The molecule has 4 heteroatoms. The van der Waals surface area contributed by atoms with Gasteiger partial charge >= 0.3 is 5.97 Å². The van der Waals surface area contributed by atoms with E-state index in [0.717, 1.165) is 19.3 Å². The molecule has 0 rings (SSSR count). The molecule has 0 aromatic carbocycles. The first-order chi connectivity index (χ1) is 7.67. The predicted molar refractivity (Wildman–Crippen MR) is 61.1 cm³/mol. The van der Waals surface area contributed by atoms with Crippen LogP contribution in [0.25, 0.3) is 0 Å². The van der Waals surface area contributed by atoms with Gasteiger partial charge in [-0.05, 0) is 12.8 Å². The molecule has 0 aliphatic heterocycles. The molecule has 0 spiro atoms. The summed E-state index contributed by atoms with van der Waals surface area (Å²) in [5.74, 6) is -1.27. The third-order valence-corrected chi connectivity index (χ3v) is 2.31. The summed E-state index contributed by atoms with van der Waals surface area (Å²) in [5, 5.41) is 0. The van der Waals surface area contributed by atoms with Crippen molar-refractivity contribution in [1.82, 2.24) is 0 Å². The van der Waals surface area contributed by atoms with Crippen LogP contribution in [0.1, 0.15) is 39.5 Å². The van der Waals surface area contributed by atoms with Crippen LogP contribution < -0.4 is 0 Å². The maximum absolute atomic E-state index is 11.7. The minimum Gasteiger partial charge on any atom is -0.468 e. The maximum atomic E-state index is 11.7. The van der Waals surface area contributed by atoms with Gasteiger partial charge in [-0.2, -0.15) is 0 Å². The second kappa shape index (κ2) is 9.33. The molecule has 0 saturated carbocycles. The average Bonchev–Trinajstić information content (AvgIpc) is 2.29. The van der Waals surface area contributed by atoms with E-state index in [4.69, 9.17) is 4.74 Å². The molecule has 0 heterocycles. The molecule has 0 radical (unpaired) electrons. The zero-order valence-electron chi connectivity index (χ0n) is 10.5. The largest absolute Gasteiger partial charge is 0.468 e. The van der Waals surface area contributed by atoms with Crippen LogP contribution in [0.4, 0.5) is 0 Å². The first-order valence-corrected chi connectivity index (χ1v) is 5.85. The quantitative estimate of drug-likeness (QED) is 0.345. The van der Waals surface area contributed by atoms with E-state index < -0.39 is 11.9 Å². The molecule has 1 atom stereocenters. The SMILES string of the molecule is CCCCC(C(=O)COCCC)C(=O)OC. The zero-order chi connectivity index (χ0) is 12.4. The van der Waals surface area contributed by atoms with Crippen molar-refractivity contribution < 1.29 is 19.1 Å². The highest BCUT2D eigenvalue weighted by atomic mass is 16.5. The number of ether oxygens (including phenoxy) is 2. The van der Waals surface area contributed by atoms with Crippen LogP contribution in [0.15, 0.2) is 0 Å². The number of Topliss-reactive ketones (excluding diaryl/α,β-unsaturated/α-hetero) is 1. The van der Waals surface area contributed by atoms with Crippen LogP contribution in [0.2, 0.25) is 0 Å². The third-order valence-electron chi connectivity index (χ3n) is 2.31. The van der Waals surface area contributed by atoms with Crippen molar-refractivity contribution in [3.63, 3.8) is 0 Å². The molecule has 0 saturated heterocycles. The van der Waals surface area contributed by atoms with Gasteiger partial charge in [0.25, 0.3) is 0 Å². The normalized spacial score (nSPS) is 12.2. The number of unbranched alkanes of at least 4 members (excludes halogenated alkanes) is 1. The lowest BCUT2D eigenvalue weighted by atomic mass is 9.98. The molecule has 4 nitrogen and oxygen atoms in total. The van der Waals surface area contributed by atoms with Gasteiger partial charge < -0.3 is 9.47 Å². The Labute approximate surface area is 97.3 Å². The smallest absolute Gasteiger partial charge is 0.316 e. The fourth-order valence-electron chi connectivity index (χ4n) is 1.38. The molecule has 0 aliphatic carbocycles. The standard InChI is InChI=1S/C12H22O4/c1-4-6-7-10(12(14)15-3)11(13)9-16-8-5-2/h10H,4-9H2,1-3H3. The third kappa shape index (κ3) is 5.85. The molecule has 0 aromatic heterocycles. The topological polar surface area (TPSA) is 52.6 Å². The van der Waals surface area contributed by atoms with Gasteiger partial charge in [0.1, 0.15) is 12.5 Å². The summed E-state index contributed by atoms with van der Waals surface area (Å²) in [6.45, 7) is 4.55. The monoisotopic (exact) mass is 230 g/mol. The summed E-state index contributed by atoms with van der Waals surface area (Å²) in [6, 6.07) is 0. The Kier molecular flexibility index (Phi) is 8.81. The lowest BCUT2D eigenvalue weighted by molar-refractivity contribution is -0.151. The molecule has 0 N–H and O–H groups in total. The van der Waals surface area contributed by atoms with E-state index in [9.17, 15) is 9.59 Å². The minimum absolute atomic E-state index is 0.0112. The van der Waals surface area contributed by atoms with Gasteiger partial charge in [0.2, 0.25) is 0 Å². The van der Waals surface area contributed by atoms with Crippen LogP contribution in [-0.4, -0.2) is 32.1 Å². The molecule has 1 unspecified atom stereocenters. The first-order valence-electron chi connectivity index (χ1n) is 5.85. The van der Waals surface area contributed by atoms with E-state index in [0.29, 0.717) is 13.0 Å². The Balaban J connectivity index is 4.15. The number of methoxy groups -OCH3 is 1. The molecule has 0 fully saturated rings. The molecular weight excluding hydrogens is 208 g/mol. The Morgan fingerprint density at radius 2 is 1.88 bits per heavy atom. The lowest BCUT2D eigenvalue weighted by Gasteiger charge is -2.12. The number of rotatable bonds is 9. The lowest BCUT2D eigenvalue weighted by Crippen LogP contribution is -2.28. The number of ketones is 1. The number of esters is 1. The van der Waals surface area contributed by atoms with Crippen molar-refractivity contribution in [2.24, 2.45) is 5.92 Å². The highest BCUT2D eigenvalue weighted by Gasteiger charge is 2.26. The van der Waals surface area contributed by atoms with Crippen molar-refractivity contribution in [2.45, 2.75) is 39.5 Å². The van der Waals surface area contributed by atoms with Crippen LogP contribution in [0, 0.1) is 5.92 Å². The van der Waals surface area contributed by atoms with Crippen LogP contribution >= 0.6 is 0 Å². The van der Waals surface area contributed by atoms with Crippen LogP contribution in [-0.2, 0) is 19.1 Å². The minimum atomic E-state index is -0.651. The maximum Gasteiger partial charge on any atom is 0.316 e. The predicted octanol–water partition coefficient (Wildman–Crippen LogP) is 1.96. The molecular formula is C12H22O4. The summed E-state index contributed by atoms with van der Waals surface area (Å²) in [5.41, 5.74) is 0. The number of hydrogen-bond donors (Lipinski definition) is 0. The van der Waals surface area contributed by atoms with E-state index >= 15 is 0 Å². The van der Waals surface area contributed by atoms with Crippen molar-refractivity contribution >= 4 is 11.8 Å². The summed E-state index contributed by atoms with van der Waals surface area (Å²) < 4.78 is 9.76. The molecule has 0 aliphatic rings. The van der Waals surface area contributed by atoms with E-state index in [2.05, 4.69) is 4.74 Å². The van der Waals surface area contributed by atoms with Crippen molar-refractivity contribution in [3.8, 4) is 0 Å². The molecule has 0 bridgehead atoms. The van der Waals surface area contributed by atoms with E-state index in [1.165, 1.54) is 7.11 Å². The Bertz CT molecular complexity index is 213. The van der Waals surface area contributed by atoms with Gasteiger partial charge in [-0.25, -0.2) is 0 Å². The van der Waals surface area contributed by atoms with E-state index in [1.807, 2.05) is 13.8 Å². The van der Waals surface area contributed by atoms with Crippen molar-refractivity contribution in [2.75, 3.05) is 20.3 Å². The number of carbonyl (C=O) groups excluding carboxylic acids is 2. The van der Waals surface area contributed by atoms with Gasteiger partial charge in [-0.1, -0.05) is 26.7 Å². The van der Waals surface area contributed by atoms with Crippen LogP contribution in [0.5, 0.6) is 0 Å². The van der Waals surface area contributed by atoms with Gasteiger partial charge in [0, 0.05) is 6.61 Å². The highest BCUT2D eigenvalue weighted by Crippen LogP contribution is 2.12. The van der Waals surface area contributed by atoms with Crippen LogP contribution in [0.3, 0.4) is 0 Å². The number of hydrogen-bond acceptors (Lipinski definition) is 4. The second-order valence-corrected chi connectivity index (χ2v) is 3.74. The average molecular weight is 230 g/mol. The van der Waals surface area contributed by atoms with Crippen molar-refractivity contribution in [3.05, 3.63) is 0 Å². The van der Waals surface area contributed by atoms with Gasteiger partial charge in [0.05, 0.1) is 7.11 Å². The second-order valence-electron chi connectivity index (χ2n) is 3.74. The zero-order valence-corrected chi connectivity index (χ0v) is 10.5. The van der Waals surface area contributed by atoms with E-state index in [-0.39, 0.29) is 12.4 Å². The molecule has 0 amide bonds. The number of carbonyl (C=O) groups is 2. The summed E-state index contributed by atoms with van der Waals surface area (Å²) >= 11 is 0. The first kappa shape index (κ1) is 15.1. The summed E-state index contributed by atoms with van der Waals surface area (Å²) in [6.07, 6.45) is 3.22. The van der Waals surface area contributed by atoms with Gasteiger partial charge in [-0.3, -0.25) is 9.59 Å². The Hall–Kier alpha value is -0.900. The van der Waals surface area contributed by atoms with Gasteiger partial charge in [-0.15, -0.1) is 0 Å².